The van der Waals surface area contributed by atoms with Crippen molar-refractivity contribution in [3.8, 4) is 0 Å². The highest BCUT2D eigenvalue weighted by molar-refractivity contribution is 6.41. The first kappa shape index (κ1) is 8.20. The lowest BCUT2D eigenvalue weighted by atomic mass is 10.1. The Kier molecular flexibility index (Phi) is 2.85. The largest absolute Gasteiger partial charge is 0.413 e. The van der Waals surface area contributed by atoms with E-state index in [1.807, 2.05) is 0 Å². The fraction of sp³-hybridized carbons (Fsp3) is 1.00. The molecule has 0 aromatic heterocycles. The zero-order valence-corrected chi connectivity index (χ0v) is 7.19. The molecule has 1 fully saturated rings. The molecule has 4 N–H and O–H groups in total. The predicted octanol–water partition coefficient (Wildman–Crippen LogP) is -0.681. The van der Waals surface area contributed by atoms with Gasteiger partial charge >= 0.3 is 9.28 Å². The molecule has 0 aromatic rings. The van der Waals surface area contributed by atoms with Crippen LogP contribution in [0.15, 0.2) is 0 Å². The third-order valence-corrected chi connectivity index (χ3v) is 3.21. The summed E-state index contributed by atoms with van der Waals surface area (Å²) >= 11 is 0. The van der Waals surface area contributed by atoms with Crippen LogP contribution in [0.2, 0.25) is 6.04 Å². The van der Waals surface area contributed by atoms with Crippen LogP contribution in [0.1, 0.15) is 19.3 Å². The quantitative estimate of drug-likeness (QED) is 0.470. The Morgan fingerprint density at radius 3 is 2.50 bits per heavy atom. The maximum absolute atomic E-state index is 8.75. The van der Waals surface area contributed by atoms with E-state index in [0.29, 0.717) is 18.0 Å². The van der Waals surface area contributed by atoms with Crippen LogP contribution in [-0.2, 0) is 0 Å². The van der Waals surface area contributed by atoms with E-state index in [-0.39, 0.29) is 0 Å². The predicted molar refractivity (Wildman–Crippen MR) is 41.7 cm³/mol. The van der Waals surface area contributed by atoms with Gasteiger partial charge in [-0.15, -0.1) is 0 Å². The Morgan fingerprint density at radius 2 is 2.10 bits per heavy atom. The summed E-state index contributed by atoms with van der Waals surface area (Å²) in [6.07, 6.45) is 3.14. The maximum atomic E-state index is 8.75. The van der Waals surface area contributed by atoms with Crippen molar-refractivity contribution in [1.29, 1.82) is 0 Å². The molecule has 60 valence electrons. The SMILES string of the molecule is NC1CCC(C[SiH](O)O)C1. The van der Waals surface area contributed by atoms with Crippen molar-refractivity contribution in [2.45, 2.75) is 31.3 Å². The van der Waals surface area contributed by atoms with Crippen molar-refractivity contribution < 1.29 is 9.59 Å². The first-order chi connectivity index (χ1) is 4.68. The molecule has 2 unspecified atom stereocenters. The van der Waals surface area contributed by atoms with E-state index in [1.54, 1.807) is 0 Å². The van der Waals surface area contributed by atoms with E-state index in [4.69, 9.17) is 15.3 Å². The molecule has 4 heteroatoms. The topological polar surface area (TPSA) is 66.5 Å². The molecule has 0 aliphatic heterocycles. The van der Waals surface area contributed by atoms with Gasteiger partial charge in [-0.05, 0) is 31.2 Å². The smallest absolute Gasteiger partial charge is 0.316 e. The molecule has 0 spiro atoms. The van der Waals surface area contributed by atoms with Crippen LogP contribution in [-0.4, -0.2) is 24.9 Å². The highest BCUT2D eigenvalue weighted by Crippen LogP contribution is 2.27. The summed E-state index contributed by atoms with van der Waals surface area (Å²) < 4.78 is 0. The second-order valence-corrected chi connectivity index (χ2v) is 4.59. The molecule has 10 heavy (non-hydrogen) atoms. The zero-order chi connectivity index (χ0) is 7.56. The number of hydrogen-bond acceptors (Lipinski definition) is 3. The Labute approximate surface area is 62.7 Å². The molecular formula is C6H15NO2Si. The minimum Gasteiger partial charge on any atom is -0.413 e. The first-order valence-electron chi connectivity index (χ1n) is 3.80. The van der Waals surface area contributed by atoms with Crippen LogP contribution in [0.5, 0.6) is 0 Å². The first-order valence-corrected chi connectivity index (χ1v) is 5.65. The third-order valence-electron chi connectivity index (χ3n) is 2.13. The lowest BCUT2D eigenvalue weighted by molar-refractivity contribution is 0.386. The maximum Gasteiger partial charge on any atom is 0.316 e. The molecule has 3 nitrogen and oxygen atoms in total. The Hall–Kier alpha value is 0.0969. The average molecular weight is 161 g/mol. The van der Waals surface area contributed by atoms with Crippen molar-refractivity contribution in [3.05, 3.63) is 0 Å². The van der Waals surface area contributed by atoms with Crippen molar-refractivity contribution >= 4 is 9.28 Å². The van der Waals surface area contributed by atoms with Crippen LogP contribution in [0.25, 0.3) is 0 Å². The Bertz CT molecular complexity index is 110. The van der Waals surface area contributed by atoms with Crippen molar-refractivity contribution in [3.63, 3.8) is 0 Å². The molecule has 1 saturated carbocycles. The molecule has 1 aliphatic rings. The highest BCUT2D eigenvalue weighted by atomic mass is 28.3. The van der Waals surface area contributed by atoms with Crippen molar-refractivity contribution in [2.75, 3.05) is 0 Å². The van der Waals surface area contributed by atoms with Gasteiger partial charge in [0.05, 0.1) is 0 Å². The van der Waals surface area contributed by atoms with Crippen LogP contribution >= 0.6 is 0 Å². The van der Waals surface area contributed by atoms with E-state index in [1.165, 1.54) is 0 Å². The van der Waals surface area contributed by atoms with Gasteiger partial charge in [-0.25, -0.2) is 0 Å². The van der Waals surface area contributed by atoms with E-state index >= 15 is 0 Å². The molecule has 0 radical (unpaired) electrons. The number of nitrogens with two attached hydrogens (primary N) is 1. The van der Waals surface area contributed by atoms with Crippen molar-refractivity contribution in [2.24, 2.45) is 11.7 Å². The van der Waals surface area contributed by atoms with Crippen LogP contribution in [0.4, 0.5) is 0 Å². The summed E-state index contributed by atoms with van der Waals surface area (Å²) in [4.78, 5) is 17.5. The zero-order valence-electron chi connectivity index (χ0n) is 6.03. The molecule has 0 heterocycles. The second kappa shape index (κ2) is 3.48. The van der Waals surface area contributed by atoms with E-state index in [0.717, 1.165) is 19.3 Å². The van der Waals surface area contributed by atoms with Crippen LogP contribution in [0, 0.1) is 5.92 Å². The molecule has 0 saturated heterocycles. The van der Waals surface area contributed by atoms with E-state index in [2.05, 4.69) is 0 Å². The van der Waals surface area contributed by atoms with Gasteiger partial charge in [0.25, 0.3) is 0 Å². The van der Waals surface area contributed by atoms with E-state index < -0.39 is 9.28 Å². The second-order valence-electron chi connectivity index (χ2n) is 3.16. The van der Waals surface area contributed by atoms with Gasteiger partial charge in [-0.2, -0.15) is 0 Å². The molecule has 1 aliphatic carbocycles. The summed E-state index contributed by atoms with van der Waals surface area (Å²) in [5.74, 6) is 0.502. The number of hydrogen-bond donors (Lipinski definition) is 3. The fourth-order valence-corrected chi connectivity index (χ4v) is 2.65. The Morgan fingerprint density at radius 1 is 1.40 bits per heavy atom. The molecule has 2 atom stereocenters. The number of rotatable bonds is 2. The van der Waals surface area contributed by atoms with Gasteiger partial charge in [0.15, 0.2) is 0 Å². The summed E-state index contributed by atoms with van der Waals surface area (Å²) in [5, 5.41) is 0. The normalized spacial score (nSPS) is 33.6. The standard InChI is InChI=1S/C6H15NO2Si/c7-6-2-1-5(3-6)4-10(8)9/h5-6,8-10H,1-4,7H2. The molecular weight excluding hydrogens is 146 g/mol. The highest BCUT2D eigenvalue weighted by Gasteiger charge is 2.23. The lowest BCUT2D eigenvalue weighted by Gasteiger charge is -2.07. The minimum atomic E-state index is -2.31. The third kappa shape index (κ3) is 2.38. The fourth-order valence-electron chi connectivity index (χ4n) is 1.63. The van der Waals surface area contributed by atoms with Crippen LogP contribution in [0.3, 0.4) is 0 Å². The summed E-state index contributed by atoms with van der Waals surface area (Å²) in [5.41, 5.74) is 5.65. The van der Waals surface area contributed by atoms with Gasteiger partial charge in [0, 0.05) is 6.04 Å². The molecule has 0 amide bonds. The van der Waals surface area contributed by atoms with E-state index in [9.17, 15) is 0 Å². The van der Waals surface area contributed by atoms with Gasteiger partial charge in [0.2, 0.25) is 0 Å². The van der Waals surface area contributed by atoms with Gasteiger partial charge in [-0.3, -0.25) is 0 Å². The molecule has 0 bridgehead atoms. The van der Waals surface area contributed by atoms with Crippen molar-refractivity contribution in [1.82, 2.24) is 0 Å². The minimum absolute atomic E-state index is 0.317. The molecule has 0 aromatic carbocycles. The average Bonchev–Trinajstić information content (AvgIpc) is 2.13. The summed E-state index contributed by atoms with van der Waals surface area (Å²) in [6.45, 7) is 0. The van der Waals surface area contributed by atoms with Gasteiger partial charge in [-0.1, -0.05) is 0 Å². The lowest BCUT2D eigenvalue weighted by Crippen LogP contribution is -2.18. The molecule has 1 rings (SSSR count). The Balaban J connectivity index is 2.18. The summed E-state index contributed by atoms with van der Waals surface area (Å²) in [6, 6.07) is 0.950. The van der Waals surface area contributed by atoms with Gasteiger partial charge < -0.3 is 15.3 Å². The summed E-state index contributed by atoms with van der Waals surface area (Å²) in [7, 11) is -2.31. The van der Waals surface area contributed by atoms with Gasteiger partial charge in [0.1, 0.15) is 0 Å². The van der Waals surface area contributed by atoms with Crippen LogP contribution < -0.4 is 5.73 Å². The monoisotopic (exact) mass is 161 g/mol.